The van der Waals surface area contributed by atoms with Crippen LogP contribution in [0.1, 0.15) is 80.1 Å². The average Bonchev–Trinajstić information content (AvgIpc) is 3.82. The summed E-state index contributed by atoms with van der Waals surface area (Å²) >= 11 is 0. The first-order valence-electron chi connectivity index (χ1n) is 16.7. The summed E-state index contributed by atoms with van der Waals surface area (Å²) in [7, 11) is -6.91. The van der Waals surface area contributed by atoms with Crippen LogP contribution in [-0.2, 0) is 57.1 Å². The van der Waals surface area contributed by atoms with Gasteiger partial charge in [0.05, 0.1) is 40.6 Å². The highest BCUT2D eigenvalue weighted by Crippen LogP contribution is 2.56. The van der Waals surface area contributed by atoms with Gasteiger partial charge in [0.2, 0.25) is 0 Å². The zero-order chi connectivity index (χ0) is 34.5. The molecule has 4 bridgehead atoms. The summed E-state index contributed by atoms with van der Waals surface area (Å²) in [5, 5.41) is 1.76. The molecule has 268 valence electrons. The van der Waals surface area contributed by atoms with Gasteiger partial charge in [-0.2, -0.15) is 16.8 Å². The fraction of sp³-hybridized carbons (Fsp3) is 0.903. The van der Waals surface area contributed by atoms with Gasteiger partial charge in [-0.3, -0.25) is 18.0 Å². The van der Waals surface area contributed by atoms with E-state index in [1.807, 2.05) is 27.7 Å². The minimum atomic E-state index is -3.52. The summed E-state index contributed by atoms with van der Waals surface area (Å²) in [6.07, 6.45) is 1.84. The fourth-order valence-electron chi connectivity index (χ4n) is 7.62. The Balaban J connectivity index is 0.000000186. The van der Waals surface area contributed by atoms with Crippen LogP contribution in [0.4, 0.5) is 4.79 Å². The molecule has 2 aliphatic heterocycles. The van der Waals surface area contributed by atoms with Gasteiger partial charge in [0, 0.05) is 17.8 Å². The highest BCUT2D eigenvalue weighted by molar-refractivity contribution is 7.87. The number of carbonyl (C=O) groups is 3. The molecule has 1 N–H and O–H groups in total. The Hall–Kier alpha value is -2.01. The Kier molecular flexibility index (Phi) is 10.3. The Bertz CT molecular complexity index is 1430. The van der Waals surface area contributed by atoms with Crippen molar-refractivity contribution in [2.45, 2.75) is 115 Å². The minimum absolute atomic E-state index is 0.0335. The van der Waals surface area contributed by atoms with Gasteiger partial charge >= 0.3 is 18.0 Å². The molecule has 16 heteroatoms. The van der Waals surface area contributed by atoms with Crippen LogP contribution in [0, 0.1) is 34.5 Å². The van der Waals surface area contributed by atoms with E-state index < -0.39 is 54.6 Å². The Morgan fingerprint density at radius 1 is 0.702 bits per heavy atom. The number of hydrogen-bond acceptors (Lipinski definition) is 13. The van der Waals surface area contributed by atoms with Crippen LogP contribution >= 0.6 is 0 Å². The molecule has 6 rings (SSSR count). The number of nitrogens with one attached hydrogen (secondary N) is 1. The van der Waals surface area contributed by atoms with E-state index in [0.717, 1.165) is 12.8 Å². The molecule has 2 saturated heterocycles. The topological polar surface area (TPSA) is 187 Å². The van der Waals surface area contributed by atoms with Crippen LogP contribution in [0.25, 0.3) is 0 Å². The van der Waals surface area contributed by atoms with Crippen molar-refractivity contribution in [1.29, 1.82) is 0 Å². The van der Waals surface area contributed by atoms with Gasteiger partial charge < -0.3 is 24.3 Å². The molecule has 6 fully saturated rings. The van der Waals surface area contributed by atoms with E-state index in [-0.39, 0.29) is 79.4 Å². The number of amides is 1. The lowest BCUT2D eigenvalue weighted by Crippen LogP contribution is -2.40. The highest BCUT2D eigenvalue weighted by atomic mass is 32.2. The molecular formula is C31H49NO13S2. The summed E-state index contributed by atoms with van der Waals surface area (Å²) < 4.78 is 79.3. The predicted octanol–water partition coefficient (Wildman–Crippen LogP) is 2.69. The molecule has 0 aromatic carbocycles. The standard InChI is InChI=1S/C16H25NO7S.C15H24O6S/c1-4-16(2,3)14(18)22-6-5-17-15(19)23-12-9-7-10-11(8-9)25(20,21)24-13(10)12;1-4-15(2,3)14(16)20-6-5-19-12-9-7-10-11(8-9)22(17,18)21-13(10)12/h9-13H,4-8H2,1-3H3,(H,17,19);9-13H,4-8H2,1-3H3. The molecule has 10 unspecified atom stereocenters. The highest BCUT2D eigenvalue weighted by Gasteiger charge is 2.66. The van der Waals surface area contributed by atoms with Crippen molar-refractivity contribution in [2.75, 3.05) is 26.4 Å². The average molecular weight is 708 g/mol. The van der Waals surface area contributed by atoms with Crippen molar-refractivity contribution in [1.82, 2.24) is 5.32 Å². The lowest BCUT2D eigenvalue weighted by Gasteiger charge is -2.25. The van der Waals surface area contributed by atoms with Crippen LogP contribution in [0.15, 0.2) is 0 Å². The maximum Gasteiger partial charge on any atom is 0.407 e. The second kappa shape index (κ2) is 13.4. The van der Waals surface area contributed by atoms with Gasteiger partial charge in [-0.15, -0.1) is 0 Å². The zero-order valence-corrected chi connectivity index (χ0v) is 29.6. The van der Waals surface area contributed by atoms with Crippen molar-refractivity contribution in [3.8, 4) is 0 Å². The summed E-state index contributed by atoms with van der Waals surface area (Å²) in [5.74, 6) is -0.238. The molecule has 6 aliphatic rings. The van der Waals surface area contributed by atoms with Crippen molar-refractivity contribution in [3.05, 3.63) is 0 Å². The van der Waals surface area contributed by atoms with Crippen LogP contribution in [-0.4, -0.2) is 96.1 Å². The predicted molar refractivity (Wildman–Crippen MR) is 166 cm³/mol. The van der Waals surface area contributed by atoms with E-state index in [0.29, 0.717) is 25.7 Å². The number of hydrogen-bond donors (Lipinski definition) is 1. The van der Waals surface area contributed by atoms with Crippen LogP contribution in [0.2, 0.25) is 0 Å². The molecule has 10 atom stereocenters. The molecule has 2 heterocycles. The molecule has 14 nitrogen and oxygen atoms in total. The lowest BCUT2D eigenvalue weighted by molar-refractivity contribution is -0.157. The molecule has 4 aliphatic carbocycles. The van der Waals surface area contributed by atoms with E-state index in [1.54, 1.807) is 13.8 Å². The van der Waals surface area contributed by atoms with E-state index in [2.05, 4.69) is 5.32 Å². The van der Waals surface area contributed by atoms with Gasteiger partial charge in [-0.25, -0.2) is 4.79 Å². The Morgan fingerprint density at radius 2 is 1.17 bits per heavy atom. The third-order valence-electron chi connectivity index (χ3n) is 11.2. The first-order chi connectivity index (χ1) is 21.9. The number of ether oxygens (including phenoxy) is 4. The SMILES string of the molecule is CCC(C)(C)C(=O)OCCNC(=O)OC1C2CC3C1OS(=O)(=O)C3C2.CCC(C)(C)C(=O)OCCOC1C2CC3C1OS(=O)(=O)C3C2. The van der Waals surface area contributed by atoms with Gasteiger partial charge in [0.15, 0.2) is 0 Å². The van der Waals surface area contributed by atoms with Crippen LogP contribution in [0.5, 0.6) is 0 Å². The third kappa shape index (κ3) is 7.17. The van der Waals surface area contributed by atoms with Gasteiger partial charge in [-0.1, -0.05) is 13.8 Å². The largest absolute Gasteiger partial charge is 0.463 e. The molecule has 0 aromatic heterocycles. The van der Waals surface area contributed by atoms with Crippen molar-refractivity contribution < 1.29 is 58.5 Å². The summed E-state index contributed by atoms with van der Waals surface area (Å²) in [5.41, 5.74) is -1.03. The van der Waals surface area contributed by atoms with E-state index in [9.17, 15) is 31.2 Å². The molecule has 4 saturated carbocycles. The lowest BCUT2D eigenvalue weighted by atomic mass is 9.91. The number of fused-ring (bicyclic) bond motifs is 2. The van der Waals surface area contributed by atoms with Crippen molar-refractivity contribution in [3.63, 3.8) is 0 Å². The summed E-state index contributed by atoms with van der Waals surface area (Å²) in [6, 6.07) is 0. The summed E-state index contributed by atoms with van der Waals surface area (Å²) in [6.45, 7) is 11.8. The minimum Gasteiger partial charge on any atom is -0.463 e. The maximum atomic E-state index is 11.9. The second-order valence-corrected chi connectivity index (χ2v) is 18.4. The fourth-order valence-corrected chi connectivity index (χ4v) is 11.4. The third-order valence-corrected chi connectivity index (χ3v) is 14.7. The van der Waals surface area contributed by atoms with E-state index >= 15 is 0 Å². The monoisotopic (exact) mass is 707 g/mol. The smallest absolute Gasteiger partial charge is 0.407 e. The van der Waals surface area contributed by atoms with Crippen LogP contribution in [0.3, 0.4) is 0 Å². The number of rotatable bonds is 12. The van der Waals surface area contributed by atoms with E-state index in [4.69, 9.17) is 27.3 Å². The molecule has 0 aromatic rings. The number of carbonyl (C=O) groups excluding carboxylic acids is 3. The number of esters is 2. The molecule has 1 amide bonds. The normalized spacial score (nSPS) is 36.5. The summed E-state index contributed by atoms with van der Waals surface area (Å²) in [4.78, 5) is 35.6. The second-order valence-electron chi connectivity index (χ2n) is 14.9. The van der Waals surface area contributed by atoms with Crippen LogP contribution < -0.4 is 5.32 Å². The molecule has 0 spiro atoms. The van der Waals surface area contributed by atoms with E-state index in [1.165, 1.54) is 0 Å². The van der Waals surface area contributed by atoms with Gasteiger partial charge in [0.25, 0.3) is 20.2 Å². The zero-order valence-electron chi connectivity index (χ0n) is 28.0. The Labute approximate surface area is 277 Å². The Morgan fingerprint density at radius 3 is 1.68 bits per heavy atom. The first kappa shape index (κ1) is 36.3. The quantitative estimate of drug-likeness (QED) is 0.135. The van der Waals surface area contributed by atoms with Gasteiger partial charge in [-0.05, 0) is 72.1 Å². The number of alkyl carbamates (subject to hydrolysis) is 1. The first-order valence-corrected chi connectivity index (χ1v) is 19.6. The van der Waals surface area contributed by atoms with Crippen molar-refractivity contribution in [2.24, 2.45) is 34.5 Å². The molecule has 0 radical (unpaired) electrons. The molecule has 47 heavy (non-hydrogen) atoms. The molecular weight excluding hydrogens is 658 g/mol. The van der Waals surface area contributed by atoms with Gasteiger partial charge in [0.1, 0.15) is 31.5 Å². The van der Waals surface area contributed by atoms with Crippen molar-refractivity contribution >= 4 is 38.3 Å². The maximum absolute atomic E-state index is 11.9.